The minimum atomic E-state index is -0.505. The number of phenolic OH excluding ortho intramolecular Hbond substituents is 1. The lowest BCUT2D eigenvalue weighted by atomic mass is 10.1. The maximum atomic E-state index is 11.5. The Labute approximate surface area is 102 Å². The number of aromatic hydroxyl groups is 1. The van der Waals surface area contributed by atoms with Gasteiger partial charge in [-0.25, -0.2) is 4.98 Å². The molecule has 0 bridgehead atoms. The van der Waals surface area contributed by atoms with Crippen LogP contribution in [0.3, 0.4) is 0 Å². The van der Waals surface area contributed by atoms with Crippen molar-refractivity contribution >= 4 is 0 Å². The number of rotatable bonds is 2. The molecule has 0 saturated carbocycles. The van der Waals surface area contributed by atoms with Crippen molar-refractivity contribution < 1.29 is 9.84 Å². The van der Waals surface area contributed by atoms with Crippen LogP contribution in [0, 0.1) is 11.3 Å². The molecule has 1 heterocycles. The molecule has 0 aliphatic rings. The molecule has 0 aliphatic carbocycles. The summed E-state index contributed by atoms with van der Waals surface area (Å²) in [6.07, 6.45) is 1.22. The first-order chi connectivity index (χ1) is 8.67. The van der Waals surface area contributed by atoms with E-state index in [0.29, 0.717) is 5.56 Å². The van der Waals surface area contributed by atoms with Gasteiger partial charge in [0.15, 0.2) is 11.5 Å². The zero-order chi connectivity index (χ0) is 13.1. The van der Waals surface area contributed by atoms with Gasteiger partial charge in [-0.15, -0.1) is 0 Å². The van der Waals surface area contributed by atoms with Gasteiger partial charge in [0.25, 0.3) is 5.56 Å². The van der Waals surface area contributed by atoms with E-state index in [1.165, 1.54) is 25.6 Å². The number of H-pyrrole nitrogens is 1. The SMILES string of the molecule is COc1cc(-c2nc[nH]c(=O)c2C#N)ccc1O. The van der Waals surface area contributed by atoms with Crippen LogP contribution < -0.4 is 10.3 Å². The summed E-state index contributed by atoms with van der Waals surface area (Å²) in [5.41, 5.74) is 0.187. The predicted octanol–water partition coefficient (Wildman–Crippen LogP) is 1.02. The Morgan fingerprint density at radius 1 is 1.50 bits per heavy atom. The number of benzene rings is 1. The molecule has 2 aromatic rings. The molecular formula is C12H9N3O3. The van der Waals surface area contributed by atoms with Crippen LogP contribution in [0.4, 0.5) is 0 Å². The van der Waals surface area contributed by atoms with Crippen molar-refractivity contribution in [3.05, 3.63) is 40.4 Å². The number of hydrogen-bond donors (Lipinski definition) is 2. The van der Waals surface area contributed by atoms with Gasteiger partial charge in [0.2, 0.25) is 0 Å². The lowest BCUT2D eigenvalue weighted by Gasteiger charge is -2.06. The van der Waals surface area contributed by atoms with E-state index in [1.807, 2.05) is 0 Å². The van der Waals surface area contributed by atoms with Gasteiger partial charge in [-0.1, -0.05) is 0 Å². The molecule has 0 aliphatic heterocycles. The van der Waals surface area contributed by atoms with Gasteiger partial charge in [0, 0.05) is 5.56 Å². The minimum absolute atomic E-state index is 0.0235. The highest BCUT2D eigenvalue weighted by Gasteiger charge is 2.12. The highest BCUT2D eigenvalue weighted by molar-refractivity contribution is 5.68. The summed E-state index contributed by atoms with van der Waals surface area (Å²) >= 11 is 0. The second-order valence-electron chi connectivity index (χ2n) is 3.45. The Bertz CT molecular complexity index is 686. The Hall–Kier alpha value is -2.81. The Balaban J connectivity index is 2.67. The number of phenols is 1. The smallest absolute Gasteiger partial charge is 0.269 e. The number of nitriles is 1. The summed E-state index contributed by atoms with van der Waals surface area (Å²) in [6.45, 7) is 0. The topological polar surface area (TPSA) is 99.0 Å². The Morgan fingerprint density at radius 2 is 2.28 bits per heavy atom. The van der Waals surface area contributed by atoms with E-state index < -0.39 is 5.56 Å². The maximum Gasteiger partial charge on any atom is 0.269 e. The largest absolute Gasteiger partial charge is 0.504 e. The van der Waals surface area contributed by atoms with Crippen molar-refractivity contribution in [2.24, 2.45) is 0 Å². The first-order valence-electron chi connectivity index (χ1n) is 5.02. The van der Waals surface area contributed by atoms with E-state index in [2.05, 4.69) is 9.97 Å². The highest BCUT2D eigenvalue weighted by Crippen LogP contribution is 2.30. The molecule has 0 unspecified atom stereocenters. The van der Waals surface area contributed by atoms with E-state index in [4.69, 9.17) is 10.00 Å². The van der Waals surface area contributed by atoms with Gasteiger partial charge in [0.05, 0.1) is 19.1 Å². The molecule has 1 aromatic carbocycles. The molecule has 2 rings (SSSR count). The zero-order valence-electron chi connectivity index (χ0n) is 9.47. The second kappa shape index (κ2) is 4.59. The first kappa shape index (κ1) is 11.7. The van der Waals surface area contributed by atoms with E-state index in [9.17, 15) is 9.90 Å². The average Bonchev–Trinajstić information content (AvgIpc) is 2.39. The molecule has 0 fully saturated rings. The number of nitrogens with one attached hydrogen (secondary N) is 1. The van der Waals surface area contributed by atoms with Crippen LogP contribution in [-0.4, -0.2) is 22.2 Å². The highest BCUT2D eigenvalue weighted by atomic mass is 16.5. The van der Waals surface area contributed by atoms with E-state index in [0.717, 1.165) is 0 Å². The van der Waals surface area contributed by atoms with Gasteiger partial charge < -0.3 is 14.8 Å². The molecule has 0 saturated heterocycles. The van der Waals surface area contributed by atoms with Crippen LogP contribution in [0.1, 0.15) is 5.56 Å². The van der Waals surface area contributed by atoms with Gasteiger partial charge >= 0.3 is 0 Å². The van der Waals surface area contributed by atoms with E-state index in [1.54, 1.807) is 12.1 Å². The first-order valence-corrected chi connectivity index (χ1v) is 5.02. The third-order valence-electron chi connectivity index (χ3n) is 2.42. The van der Waals surface area contributed by atoms with Crippen molar-refractivity contribution in [3.63, 3.8) is 0 Å². The molecular weight excluding hydrogens is 234 g/mol. The Morgan fingerprint density at radius 3 is 2.94 bits per heavy atom. The number of nitrogens with zero attached hydrogens (tertiary/aromatic N) is 2. The summed E-state index contributed by atoms with van der Waals surface area (Å²) in [5.74, 6) is 0.225. The monoisotopic (exact) mass is 243 g/mol. The van der Waals surface area contributed by atoms with E-state index in [-0.39, 0.29) is 22.8 Å². The number of hydrogen-bond acceptors (Lipinski definition) is 5. The van der Waals surface area contributed by atoms with Gasteiger partial charge in [-0.3, -0.25) is 4.79 Å². The third-order valence-corrected chi connectivity index (χ3v) is 2.42. The normalized spacial score (nSPS) is 9.78. The molecule has 2 N–H and O–H groups in total. The standard InChI is InChI=1S/C12H9N3O3/c1-18-10-4-7(2-3-9(10)16)11-8(5-13)12(17)15-6-14-11/h2-4,6,16H,1H3,(H,14,15,17). The molecule has 0 amide bonds. The molecule has 0 spiro atoms. The quantitative estimate of drug-likeness (QED) is 0.820. The summed E-state index contributed by atoms with van der Waals surface area (Å²) < 4.78 is 4.96. The maximum absolute atomic E-state index is 11.5. The number of ether oxygens (including phenoxy) is 1. The van der Waals surface area contributed by atoms with Gasteiger partial charge in [-0.05, 0) is 18.2 Å². The van der Waals surface area contributed by atoms with Crippen molar-refractivity contribution in [3.8, 4) is 28.8 Å². The molecule has 90 valence electrons. The van der Waals surface area contributed by atoms with Crippen LogP contribution in [0.2, 0.25) is 0 Å². The fourth-order valence-electron chi connectivity index (χ4n) is 1.55. The van der Waals surface area contributed by atoms with Crippen molar-refractivity contribution in [2.75, 3.05) is 7.11 Å². The lowest BCUT2D eigenvalue weighted by molar-refractivity contribution is 0.373. The third kappa shape index (κ3) is 1.89. The number of aromatic amines is 1. The van der Waals surface area contributed by atoms with Gasteiger partial charge in [-0.2, -0.15) is 5.26 Å². The molecule has 6 heteroatoms. The lowest BCUT2D eigenvalue weighted by Crippen LogP contribution is -2.12. The number of methoxy groups -OCH3 is 1. The average molecular weight is 243 g/mol. The van der Waals surface area contributed by atoms with Crippen molar-refractivity contribution in [2.45, 2.75) is 0 Å². The van der Waals surface area contributed by atoms with E-state index >= 15 is 0 Å². The van der Waals surface area contributed by atoms with Crippen LogP contribution in [0.25, 0.3) is 11.3 Å². The summed E-state index contributed by atoms with van der Waals surface area (Å²) in [7, 11) is 1.41. The fraction of sp³-hybridized carbons (Fsp3) is 0.0833. The van der Waals surface area contributed by atoms with Crippen molar-refractivity contribution in [1.29, 1.82) is 5.26 Å². The van der Waals surface area contributed by atoms with Crippen LogP contribution >= 0.6 is 0 Å². The van der Waals surface area contributed by atoms with Gasteiger partial charge in [0.1, 0.15) is 11.6 Å². The predicted molar refractivity (Wildman–Crippen MR) is 63.2 cm³/mol. The van der Waals surface area contributed by atoms with Crippen LogP contribution in [0.5, 0.6) is 11.5 Å². The van der Waals surface area contributed by atoms with Crippen LogP contribution in [-0.2, 0) is 0 Å². The molecule has 6 nitrogen and oxygen atoms in total. The Kier molecular flexibility index (Phi) is 2.98. The number of aromatic nitrogens is 2. The summed E-state index contributed by atoms with van der Waals surface area (Å²) in [4.78, 5) is 17.8. The fourth-order valence-corrected chi connectivity index (χ4v) is 1.55. The van der Waals surface area contributed by atoms with Crippen molar-refractivity contribution in [1.82, 2.24) is 9.97 Å². The zero-order valence-corrected chi connectivity index (χ0v) is 9.47. The summed E-state index contributed by atoms with van der Waals surface area (Å²) in [6, 6.07) is 6.29. The second-order valence-corrected chi connectivity index (χ2v) is 3.45. The molecule has 0 radical (unpaired) electrons. The molecule has 0 atom stereocenters. The summed E-state index contributed by atoms with van der Waals surface area (Å²) in [5, 5.41) is 18.4. The van der Waals surface area contributed by atoms with Crippen LogP contribution in [0.15, 0.2) is 29.3 Å². The minimum Gasteiger partial charge on any atom is -0.504 e. The molecule has 18 heavy (non-hydrogen) atoms. The molecule has 1 aromatic heterocycles.